The third-order valence-corrected chi connectivity index (χ3v) is 6.41. The molecule has 0 amide bonds. The third kappa shape index (κ3) is 6.50. The fraction of sp³-hybridized carbons (Fsp3) is 0.167. The Hall–Kier alpha value is -1.89. The molecule has 0 spiro atoms. The maximum atomic E-state index is 2.29. The second-order valence-electron chi connectivity index (χ2n) is 6.24. The van der Waals surface area contributed by atoms with E-state index in [2.05, 4.69) is 97.1 Å². The topological polar surface area (TPSA) is 0 Å². The standard InChI is InChI=1S/C14H14.2C5H5.Ti/c1-3-7-13(8-4-1)11-12-14-9-5-2-6-10-14;2*1-2-4-5-3-1;/h1-10H,11-12H2;2*1-3H,4H2;. The molecule has 2 aliphatic carbocycles. The summed E-state index contributed by atoms with van der Waals surface area (Å²) in [5.41, 5.74) is 2.83. The van der Waals surface area contributed by atoms with Gasteiger partial charge in [0.1, 0.15) is 0 Å². The van der Waals surface area contributed by atoms with Crippen LogP contribution in [-0.4, -0.2) is 0 Å². The van der Waals surface area contributed by atoms with Gasteiger partial charge in [-0.2, -0.15) is 0 Å². The van der Waals surface area contributed by atoms with Gasteiger partial charge in [0, 0.05) is 0 Å². The largest absolute Gasteiger partial charge is 0.0622 e. The van der Waals surface area contributed by atoms with Gasteiger partial charge in [0.2, 0.25) is 0 Å². The summed E-state index contributed by atoms with van der Waals surface area (Å²) in [7, 11) is 0. The smallest absolute Gasteiger partial charge is 0.0238 e. The first-order valence-corrected chi connectivity index (χ1v) is 10.5. The van der Waals surface area contributed by atoms with Crippen LogP contribution in [0.4, 0.5) is 0 Å². The zero-order chi connectivity index (χ0) is 17.2. The molecule has 2 aromatic carbocycles. The Morgan fingerprint density at radius 1 is 0.600 bits per heavy atom. The molecule has 0 unspecified atom stereocenters. The summed E-state index contributed by atoms with van der Waals surface area (Å²) < 4.78 is 3.36. The van der Waals surface area contributed by atoms with Crippen molar-refractivity contribution in [1.29, 1.82) is 0 Å². The quantitative estimate of drug-likeness (QED) is 0.555. The minimum absolute atomic E-state index is 0.0833. The summed E-state index contributed by atoms with van der Waals surface area (Å²) >= 11 is 0.0833. The van der Waals surface area contributed by atoms with Crippen LogP contribution in [0.3, 0.4) is 0 Å². The van der Waals surface area contributed by atoms with E-state index in [0.717, 1.165) is 12.8 Å². The van der Waals surface area contributed by atoms with Crippen molar-refractivity contribution in [3.05, 3.63) is 116 Å². The molecule has 1 heteroatoms. The van der Waals surface area contributed by atoms with Crippen LogP contribution >= 0.6 is 0 Å². The molecular formula is C24H24Ti. The molecule has 0 saturated heterocycles. The van der Waals surface area contributed by atoms with Gasteiger partial charge in [-0.1, -0.05) is 60.7 Å². The number of hydrogen-bond acceptors (Lipinski definition) is 0. The molecule has 124 valence electrons. The Morgan fingerprint density at radius 3 is 1.40 bits per heavy atom. The van der Waals surface area contributed by atoms with E-state index in [1.165, 1.54) is 24.0 Å². The van der Waals surface area contributed by atoms with E-state index in [0.29, 0.717) is 0 Å². The second-order valence-corrected chi connectivity index (χ2v) is 8.64. The van der Waals surface area contributed by atoms with E-state index in [4.69, 9.17) is 0 Å². The monoisotopic (exact) mass is 360 g/mol. The molecule has 0 atom stereocenters. The summed E-state index contributed by atoms with van der Waals surface area (Å²) in [6, 6.07) is 21.2. The average molecular weight is 360 g/mol. The van der Waals surface area contributed by atoms with Crippen LogP contribution in [0.5, 0.6) is 0 Å². The predicted octanol–water partition coefficient (Wildman–Crippen LogP) is 6.23. The Balaban J connectivity index is 0.000000150. The van der Waals surface area contributed by atoms with Crippen LogP contribution in [0.1, 0.15) is 24.0 Å². The van der Waals surface area contributed by atoms with Gasteiger partial charge in [0.05, 0.1) is 0 Å². The molecule has 0 N–H and O–H groups in total. The maximum absolute atomic E-state index is 2.29. The Kier molecular flexibility index (Phi) is 7.30. The van der Waals surface area contributed by atoms with Gasteiger partial charge in [-0.05, 0) is 24.0 Å². The molecule has 25 heavy (non-hydrogen) atoms. The molecule has 2 aromatic rings. The molecule has 0 aromatic heterocycles. The molecular weight excluding hydrogens is 336 g/mol. The number of aryl methyl sites for hydroxylation is 2. The number of allylic oxidation sites excluding steroid dienone is 8. The van der Waals surface area contributed by atoms with Crippen molar-refractivity contribution in [1.82, 2.24) is 0 Å². The van der Waals surface area contributed by atoms with Crippen LogP contribution in [0.25, 0.3) is 0 Å². The summed E-state index contributed by atoms with van der Waals surface area (Å²) in [5.74, 6) is 0. The van der Waals surface area contributed by atoms with Crippen molar-refractivity contribution in [3.8, 4) is 0 Å². The van der Waals surface area contributed by atoms with Gasteiger partial charge in [-0.15, -0.1) is 0 Å². The van der Waals surface area contributed by atoms with Crippen LogP contribution in [0, 0.1) is 0 Å². The van der Waals surface area contributed by atoms with E-state index in [1.54, 1.807) is 7.76 Å². The fourth-order valence-electron chi connectivity index (χ4n) is 2.86. The Bertz CT molecular complexity index is 697. The second kappa shape index (κ2) is 10.2. The zero-order valence-corrected chi connectivity index (χ0v) is 16.1. The van der Waals surface area contributed by atoms with Gasteiger partial charge in [-0.3, -0.25) is 0 Å². The molecule has 0 radical (unpaired) electrons. The van der Waals surface area contributed by atoms with Gasteiger partial charge < -0.3 is 0 Å². The van der Waals surface area contributed by atoms with Gasteiger partial charge in [0.15, 0.2) is 0 Å². The SMILES string of the molecule is C1=CC[C]([Ti][C]2=CC=CC2)=C1.c1ccc(CCc2ccccc2)cc1. The zero-order valence-electron chi connectivity index (χ0n) is 14.6. The van der Waals surface area contributed by atoms with E-state index in [9.17, 15) is 0 Å². The molecule has 0 saturated carbocycles. The van der Waals surface area contributed by atoms with Gasteiger partial charge in [-0.25, -0.2) is 0 Å². The van der Waals surface area contributed by atoms with Crippen molar-refractivity contribution in [3.63, 3.8) is 0 Å². The van der Waals surface area contributed by atoms with Crippen LogP contribution in [0.15, 0.2) is 105 Å². The van der Waals surface area contributed by atoms with Crippen molar-refractivity contribution < 1.29 is 19.2 Å². The molecule has 2 aliphatic rings. The van der Waals surface area contributed by atoms with E-state index in [-0.39, 0.29) is 19.2 Å². The van der Waals surface area contributed by atoms with Crippen LogP contribution < -0.4 is 0 Å². The normalized spacial score (nSPS) is 14.6. The number of hydrogen-bond donors (Lipinski definition) is 0. The van der Waals surface area contributed by atoms with Crippen LogP contribution in [-0.2, 0) is 32.0 Å². The Morgan fingerprint density at radius 2 is 1.04 bits per heavy atom. The van der Waals surface area contributed by atoms with Crippen LogP contribution in [0.2, 0.25) is 0 Å². The van der Waals surface area contributed by atoms with Crippen molar-refractivity contribution >= 4 is 0 Å². The summed E-state index contributed by atoms with van der Waals surface area (Å²) in [5, 5.41) is 0. The summed E-state index contributed by atoms with van der Waals surface area (Å²) in [4.78, 5) is 0. The van der Waals surface area contributed by atoms with Gasteiger partial charge >= 0.3 is 76.2 Å². The number of benzene rings is 2. The molecule has 0 bridgehead atoms. The molecule has 0 heterocycles. The van der Waals surface area contributed by atoms with Crippen molar-refractivity contribution in [2.24, 2.45) is 0 Å². The third-order valence-electron chi connectivity index (χ3n) is 4.25. The molecule has 0 fully saturated rings. The first kappa shape index (κ1) is 17.9. The minimum Gasteiger partial charge on any atom is -0.0622 e. The maximum Gasteiger partial charge on any atom is -0.0238 e. The fourth-order valence-corrected chi connectivity index (χ4v) is 4.76. The van der Waals surface area contributed by atoms with E-state index < -0.39 is 0 Å². The Labute approximate surface area is 160 Å². The average Bonchev–Trinajstić information content (AvgIpc) is 3.37. The molecule has 0 nitrogen and oxygen atoms in total. The van der Waals surface area contributed by atoms with Crippen molar-refractivity contribution in [2.75, 3.05) is 0 Å². The predicted molar refractivity (Wildman–Crippen MR) is 104 cm³/mol. The molecule has 0 aliphatic heterocycles. The summed E-state index contributed by atoms with van der Waals surface area (Å²) in [6.45, 7) is 0. The first-order chi connectivity index (χ1) is 12.4. The van der Waals surface area contributed by atoms with E-state index >= 15 is 0 Å². The first-order valence-electron chi connectivity index (χ1n) is 8.96. The van der Waals surface area contributed by atoms with Crippen molar-refractivity contribution in [2.45, 2.75) is 25.7 Å². The molecule has 4 rings (SSSR count). The van der Waals surface area contributed by atoms with E-state index in [1.807, 2.05) is 0 Å². The van der Waals surface area contributed by atoms with Gasteiger partial charge in [0.25, 0.3) is 0 Å². The summed E-state index contributed by atoms with van der Waals surface area (Å²) in [6.07, 6.45) is 18.1. The minimum atomic E-state index is 0.0833. The number of rotatable bonds is 5.